The summed E-state index contributed by atoms with van der Waals surface area (Å²) in [5.74, 6) is 1.46. The van der Waals surface area contributed by atoms with Gasteiger partial charge >= 0.3 is 0 Å². The summed E-state index contributed by atoms with van der Waals surface area (Å²) in [5.41, 5.74) is 2.97. The Hall–Kier alpha value is -3.58. The molecule has 0 aliphatic carbocycles. The number of nitrogens with one attached hydrogen (secondary N) is 2. The van der Waals surface area contributed by atoms with Crippen LogP contribution in [0.15, 0.2) is 71.5 Å². The van der Waals surface area contributed by atoms with E-state index in [4.69, 9.17) is 9.15 Å². The van der Waals surface area contributed by atoms with Crippen molar-refractivity contribution in [1.29, 1.82) is 0 Å². The SMILES string of the molecule is COc1ccccc1C(Nc1cc(C)ccn1)c1cc(C)sc1NC(=O)c1ccco1. The summed E-state index contributed by atoms with van der Waals surface area (Å²) in [5, 5.41) is 7.28. The Morgan fingerprint density at radius 2 is 1.94 bits per heavy atom. The number of pyridine rings is 1. The fourth-order valence-corrected chi connectivity index (χ4v) is 4.36. The third-order valence-electron chi connectivity index (χ3n) is 4.82. The summed E-state index contributed by atoms with van der Waals surface area (Å²) >= 11 is 1.52. The number of methoxy groups -OCH3 is 1. The molecule has 0 bridgehead atoms. The molecule has 0 saturated carbocycles. The molecule has 1 unspecified atom stereocenters. The van der Waals surface area contributed by atoms with Gasteiger partial charge in [-0.3, -0.25) is 4.79 Å². The number of hydrogen-bond acceptors (Lipinski definition) is 6. The molecule has 4 aromatic rings. The second-order valence-corrected chi connectivity index (χ2v) is 8.37. The van der Waals surface area contributed by atoms with Crippen LogP contribution in [-0.4, -0.2) is 18.0 Å². The van der Waals surface area contributed by atoms with Crippen LogP contribution in [0.5, 0.6) is 5.75 Å². The number of hydrogen-bond donors (Lipinski definition) is 2. The van der Waals surface area contributed by atoms with E-state index in [2.05, 4.69) is 21.7 Å². The fraction of sp³-hybridized carbons (Fsp3) is 0.167. The van der Waals surface area contributed by atoms with Crippen molar-refractivity contribution in [2.24, 2.45) is 0 Å². The van der Waals surface area contributed by atoms with Gasteiger partial charge in [-0.25, -0.2) is 4.98 Å². The minimum absolute atomic E-state index is 0.263. The highest BCUT2D eigenvalue weighted by Crippen LogP contribution is 2.40. The molecule has 0 aliphatic rings. The van der Waals surface area contributed by atoms with E-state index in [1.54, 1.807) is 25.4 Å². The Morgan fingerprint density at radius 1 is 1.10 bits per heavy atom. The quantitative estimate of drug-likeness (QED) is 0.384. The molecule has 31 heavy (non-hydrogen) atoms. The molecular formula is C24H23N3O3S. The van der Waals surface area contributed by atoms with Crippen molar-refractivity contribution in [3.8, 4) is 5.75 Å². The van der Waals surface area contributed by atoms with Crippen LogP contribution in [0.1, 0.15) is 38.2 Å². The summed E-state index contributed by atoms with van der Waals surface area (Å²) < 4.78 is 10.9. The standard InChI is InChI=1S/C24H23N3O3S/c1-15-10-11-25-21(13-15)26-22(17-7-4-5-8-19(17)29-3)18-14-16(2)31-24(18)27-23(28)20-9-6-12-30-20/h4-14,22H,1-3H3,(H,25,26)(H,27,28). The minimum atomic E-state index is -0.291. The van der Waals surface area contributed by atoms with Crippen molar-refractivity contribution < 1.29 is 13.9 Å². The first-order valence-electron chi connectivity index (χ1n) is 9.82. The van der Waals surface area contributed by atoms with Crippen LogP contribution in [0.4, 0.5) is 10.8 Å². The zero-order chi connectivity index (χ0) is 21.8. The zero-order valence-corrected chi connectivity index (χ0v) is 18.3. The van der Waals surface area contributed by atoms with Gasteiger partial charge in [-0.05, 0) is 55.8 Å². The molecular weight excluding hydrogens is 410 g/mol. The summed E-state index contributed by atoms with van der Waals surface area (Å²) in [6.07, 6.45) is 3.26. The maximum Gasteiger partial charge on any atom is 0.291 e. The van der Waals surface area contributed by atoms with Crippen LogP contribution >= 0.6 is 11.3 Å². The number of carbonyl (C=O) groups excluding carboxylic acids is 1. The summed E-state index contributed by atoms with van der Waals surface area (Å²) in [4.78, 5) is 18.2. The van der Waals surface area contributed by atoms with Gasteiger partial charge in [0.15, 0.2) is 5.76 Å². The minimum Gasteiger partial charge on any atom is -0.496 e. The largest absolute Gasteiger partial charge is 0.496 e. The monoisotopic (exact) mass is 433 g/mol. The molecule has 7 heteroatoms. The van der Waals surface area contributed by atoms with E-state index in [1.165, 1.54) is 17.6 Å². The molecule has 0 radical (unpaired) electrons. The number of benzene rings is 1. The molecule has 0 aliphatic heterocycles. The van der Waals surface area contributed by atoms with Crippen LogP contribution in [0, 0.1) is 13.8 Å². The Kier molecular flexibility index (Phi) is 6.04. The Balaban J connectivity index is 1.77. The summed E-state index contributed by atoms with van der Waals surface area (Å²) in [6, 6.07) is 16.9. The number of amides is 1. The molecule has 158 valence electrons. The van der Waals surface area contributed by atoms with Gasteiger partial charge in [0.05, 0.1) is 19.4 Å². The third kappa shape index (κ3) is 4.62. The predicted molar refractivity (Wildman–Crippen MR) is 123 cm³/mol. The highest BCUT2D eigenvalue weighted by Gasteiger charge is 2.25. The number of rotatable bonds is 7. The van der Waals surface area contributed by atoms with Crippen molar-refractivity contribution in [3.05, 3.63) is 94.4 Å². The van der Waals surface area contributed by atoms with E-state index >= 15 is 0 Å². The maximum absolute atomic E-state index is 12.7. The zero-order valence-electron chi connectivity index (χ0n) is 17.5. The summed E-state index contributed by atoms with van der Waals surface area (Å²) in [7, 11) is 1.65. The van der Waals surface area contributed by atoms with E-state index in [0.717, 1.165) is 38.1 Å². The highest BCUT2D eigenvalue weighted by molar-refractivity contribution is 7.16. The number of para-hydroxylation sites is 1. The number of anilines is 2. The first-order valence-corrected chi connectivity index (χ1v) is 10.6. The van der Waals surface area contributed by atoms with Crippen LogP contribution in [0.3, 0.4) is 0 Å². The van der Waals surface area contributed by atoms with Gasteiger partial charge in [0, 0.05) is 22.2 Å². The number of furan rings is 1. The van der Waals surface area contributed by atoms with Crippen molar-refractivity contribution in [2.75, 3.05) is 17.7 Å². The Bertz CT molecular complexity index is 1180. The average molecular weight is 434 g/mol. The van der Waals surface area contributed by atoms with E-state index in [0.29, 0.717) is 0 Å². The van der Waals surface area contributed by atoms with Gasteiger partial charge in [-0.15, -0.1) is 11.3 Å². The van der Waals surface area contributed by atoms with E-state index in [-0.39, 0.29) is 17.7 Å². The molecule has 1 aromatic carbocycles. The molecule has 2 N–H and O–H groups in total. The molecule has 3 heterocycles. The molecule has 3 aromatic heterocycles. The van der Waals surface area contributed by atoms with Crippen molar-refractivity contribution >= 4 is 28.1 Å². The molecule has 1 atom stereocenters. The van der Waals surface area contributed by atoms with Gasteiger partial charge < -0.3 is 19.8 Å². The van der Waals surface area contributed by atoms with Gasteiger partial charge in [0.2, 0.25) is 0 Å². The number of ether oxygens (including phenoxy) is 1. The average Bonchev–Trinajstić information content (AvgIpc) is 3.42. The summed E-state index contributed by atoms with van der Waals surface area (Å²) in [6.45, 7) is 4.04. The molecule has 0 fully saturated rings. The molecule has 4 rings (SSSR count). The lowest BCUT2D eigenvalue weighted by atomic mass is 9.98. The topological polar surface area (TPSA) is 76.4 Å². The third-order valence-corrected chi connectivity index (χ3v) is 5.81. The number of carbonyl (C=O) groups is 1. The number of thiophene rings is 1. The van der Waals surface area contributed by atoms with Crippen LogP contribution < -0.4 is 15.4 Å². The van der Waals surface area contributed by atoms with Crippen LogP contribution in [-0.2, 0) is 0 Å². The van der Waals surface area contributed by atoms with Gasteiger partial charge in [-0.1, -0.05) is 18.2 Å². The van der Waals surface area contributed by atoms with E-state index < -0.39 is 0 Å². The lowest BCUT2D eigenvalue weighted by molar-refractivity contribution is 0.0997. The van der Waals surface area contributed by atoms with Crippen molar-refractivity contribution in [3.63, 3.8) is 0 Å². The highest BCUT2D eigenvalue weighted by atomic mass is 32.1. The van der Waals surface area contributed by atoms with E-state index in [9.17, 15) is 4.79 Å². The molecule has 6 nitrogen and oxygen atoms in total. The van der Waals surface area contributed by atoms with Gasteiger partial charge in [0.1, 0.15) is 16.6 Å². The first-order chi connectivity index (χ1) is 15.0. The Labute approximate surface area is 184 Å². The lowest BCUT2D eigenvalue weighted by Crippen LogP contribution is -2.17. The van der Waals surface area contributed by atoms with Gasteiger partial charge in [-0.2, -0.15) is 0 Å². The lowest BCUT2D eigenvalue weighted by Gasteiger charge is -2.23. The van der Waals surface area contributed by atoms with Crippen LogP contribution in [0.25, 0.3) is 0 Å². The van der Waals surface area contributed by atoms with Crippen LogP contribution in [0.2, 0.25) is 0 Å². The second kappa shape index (κ2) is 9.06. The molecule has 1 amide bonds. The number of aryl methyl sites for hydroxylation is 2. The molecule has 0 spiro atoms. The number of aromatic nitrogens is 1. The van der Waals surface area contributed by atoms with E-state index in [1.807, 2.05) is 50.2 Å². The van der Waals surface area contributed by atoms with Crippen molar-refractivity contribution in [2.45, 2.75) is 19.9 Å². The first kappa shape index (κ1) is 20.7. The number of nitrogens with zero attached hydrogens (tertiary/aromatic N) is 1. The molecule has 0 saturated heterocycles. The fourth-order valence-electron chi connectivity index (χ4n) is 3.41. The normalized spacial score (nSPS) is 11.7. The maximum atomic E-state index is 12.7. The van der Waals surface area contributed by atoms with Gasteiger partial charge in [0.25, 0.3) is 5.91 Å². The van der Waals surface area contributed by atoms with Crippen molar-refractivity contribution in [1.82, 2.24) is 4.98 Å². The predicted octanol–water partition coefficient (Wildman–Crippen LogP) is 5.82. The second-order valence-electron chi connectivity index (χ2n) is 7.11. The smallest absolute Gasteiger partial charge is 0.291 e. The Morgan fingerprint density at radius 3 is 2.68 bits per heavy atom.